The lowest BCUT2D eigenvalue weighted by atomic mass is 10.1. The Morgan fingerprint density at radius 1 is 1.05 bits per heavy atom. The minimum absolute atomic E-state index is 0.307. The molecule has 0 heterocycles. The molecule has 0 aliphatic heterocycles. The number of para-hydroxylation sites is 1. The number of carbonyl (C=O) groups excluding carboxylic acids is 1. The summed E-state index contributed by atoms with van der Waals surface area (Å²) < 4.78 is 4.84. The lowest BCUT2D eigenvalue weighted by Gasteiger charge is -2.21. The Morgan fingerprint density at radius 3 is 2.29 bits per heavy atom. The fraction of sp³-hybridized carbons (Fsp3) is 0.278. The van der Waals surface area contributed by atoms with Crippen LogP contribution in [0.3, 0.4) is 0 Å². The van der Waals surface area contributed by atoms with Gasteiger partial charge in [-0.3, -0.25) is 0 Å². The highest BCUT2D eigenvalue weighted by Gasteiger charge is 2.14. The molecule has 21 heavy (non-hydrogen) atoms. The van der Waals surface area contributed by atoms with Gasteiger partial charge in [-0.25, -0.2) is 4.79 Å². The first kappa shape index (κ1) is 15.1. The number of anilines is 1. The van der Waals surface area contributed by atoms with Crippen molar-refractivity contribution in [2.45, 2.75) is 19.9 Å². The van der Waals surface area contributed by atoms with E-state index in [-0.39, 0.29) is 5.97 Å². The predicted octanol–water partition coefficient (Wildman–Crippen LogP) is 3.67. The maximum atomic E-state index is 11.8. The molecule has 110 valence electrons. The number of nitrogens with zero attached hydrogens (tertiary/aromatic N) is 1. The van der Waals surface area contributed by atoms with E-state index in [4.69, 9.17) is 4.74 Å². The van der Waals surface area contributed by atoms with Crippen LogP contribution in [0.15, 0.2) is 48.5 Å². The molecule has 0 aromatic heterocycles. The number of benzene rings is 2. The second-order valence-electron chi connectivity index (χ2n) is 5.03. The maximum absolute atomic E-state index is 11.8. The Balaban J connectivity index is 2.19. The van der Waals surface area contributed by atoms with Crippen molar-refractivity contribution in [3.8, 4) is 0 Å². The summed E-state index contributed by atoms with van der Waals surface area (Å²) >= 11 is 0. The van der Waals surface area contributed by atoms with Gasteiger partial charge in [0.05, 0.1) is 18.4 Å². The van der Waals surface area contributed by atoms with Crippen LogP contribution in [0.25, 0.3) is 0 Å². The van der Waals surface area contributed by atoms with Gasteiger partial charge in [-0.15, -0.1) is 0 Å². The highest BCUT2D eigenvalue weighted by Crippen LogP contribution is 2.22. The van der Waals surface area contributed by atoms with E-state index >= 15 is 0 Å². The highest BCUT2D eigenvalue weighted by atomic mass is 16.5. The molecule has 3 nitrogen and oxygen atoms in total. The van der Waals surface area contributed by atoms with Crippen LogP contribution in [0.1, 0.15) is 28.4 Å². The van der Waals surface area contributed by atoms with Gasteiger partial charge in [0.25, 0.3) is 0 Å². The first-order chi connectivity index (χ1) is 10.2. The smallest absolute Gasteiger partial charge is 0.339 e. The minimum Gasteiger partial charge on any atom is -0.465 e. The molecule has 0 atom stereocenters. The van der Waals surface area contributed by atoms with E-state index in [1.54, 1.807) is 6.07 Å². The molecule has 0 bridgehead atoms. The van der Waals surface area contributed by atoms with Crippen LogP contribution < -0.4 is 4.90 Å². The lowest BCUT2D eigenvalue weighted by Crippen LogP contribution is -2.19. The van der Waals surface area contributed by atoms with Crippen LogP contribution in [0.5, 0.6) is 0 Å². The largest absolute Gasteiger partial charge is 0.465 e. The molecule has 0 N–H and O–H groups in total. The van der Waals surface area contributed by atoms with Crippen LogP contribution in [0.2, 0.25) is 0 Å². The van der Waals surface area contributed by atoms with E-state index in [2.05, 4.69) is 36.1 Å². The summed E-state index contributed by atoms with van der Waals surface area (Å²) in [6, 6.07) is 16.1. The Morgan fingerprint density at radius 2 is 1.67 bits per heavy atom. The van der Waals surface area contributed by atoms with E-state index in [1.165, 1.54) is 18.2 Å². The van der Waals surface area contributed by atoms with Crippen molar-refractivity contribution < 1.29 is 9.53 Å². The number of methoxy groups -OCH3 is 1. The number of hydrogen-bond acceptors (Lipinski definition) is 3. The summed E-state index contributed by atoms with van der Waals surface area (Å²) in [4.78, 5) is 13.9. The fourth-order valence-corrected chi connectivity index (χ4v) is 2.33. The molecule has 3 heteroatoms. The molecule has 0 spiro atoms. The maximum Gasteiger partial charge on any atom is 0.339 e. The molecule has 0 saturated carbocycles. The van der Waals surface area contributed by atoms with Gasteiger partial charge in [0, 0.05) is 13.6 Å². The standard InChI is InChI=1S/C18H21NO2/c1-4-14-9-11-15(12-10-14)13-19(2)17-8-6-5-7-16(17)18(20)21-3/h5-12H,4,13H2,1-3H3. The number of aryl methyl sites for hydroxylation is 1. The third-order valence-corrected chi connectivity index (χ3v) is 3.57. The zero-order valence-corrected chi connectivity index (χ0v) is 12.8. The topological polar surface area (TPSA) is 29.5 Å². The Hall–Kier alpha value is -2.29. The van der Waals surface area contributed by atoms with Crippen LogP contribution in [0, 0.1) is 0 Å². The predicted molar refractivity (Wildman–Crippen MR) is 85.7 cm³/mol. The molecule has 0 unspecified atom stereocenters. The van der Waals surface area contributed by atoms with Gasteiger partial charge in [-0.05, 0) is 29.7 Å². The summed E-state index contributed by atoms with van der Waals surface area (Å²) in [5, 5.41) is 0. The summed E-state index contributed by atoms with van der Waals surface area (Å²) in [7, 11) is 3.39. The first-order valence-corrected chi connectivity index (χ1v) is 7.12. The molecular formula is C18H21NO2. The number of carbonyl (C=O) groups is 1. The van der Waals surface area contributed by atoms with E-state index < -0.39 is 0 Å². The first-order valence-electron chi connectivity index (χ1n) is 7.12. The minimum atomic E-state index is -0.307. The van der Waals surface area contributed by atoms with Crippen molar-refractivity contribution in [3.05, 3.63) is 65.2 Å². The SMILES string of the molecule is CCc1ccc(CN(C)c2ccccc2C(=O)OC)cc1. The average molecular weight is 283 g/mol. The quantitative estimate of drug-likeness (QED) is 0.784. The second-order valence-corrected chi connectivity index (χ2v) is 5.03. The van der Waals surface area contributed by atoms with Crippen LogP contribution in [-0.2, 0) is 17.7 Å². The molecule has 2 rings (SSSR count). The normalized spacial score (nSPS) is 10.2. The van der Waals surface area contributed by atoms with Gasteiger partial charge < -0.3 is 9.64 Å². The molecule has 2 aromatic carbocycles. The Labute approximate surface area is 126 Å². The van der Waals surface area contributed by atoms with Gasteiger partial charge in [0.2, 0.25) is 0 Å². The fourth-order valence-electron chi connectivity index (χ4n) is 2.33. The van der Waals surface area contributed by atoms with E-state index in [0.29, 0.717) is 5.56 Å². The van der Waals surface area contributed by atoms with Crippen molar-refractivity contribution in [2.24, 2.45) is 0 Å². The molecule has 0 fully saturated rings. The van der Waals surface area contributed by atoms with Crippen LogP contribution in [0.4, 0.5) is 5.69 Å². The van der Waals surface area contributed by atoms with E-state index in [9.17, 15) is 4.79 Å². The highest BCUT2D eigenvalue weighted by molar-refractivity contribution is 5.95. The third-order valence-electron chi connectivity index (χ3n) is 3.57. The van der Waals surface area contributed by atoms with Crippen molar-refractivity contribution in [3.63, 3.8) is 0 Å². The molecule has 0 aliphatic rings. The molecule has 0 aliphatic carbocycles. The molecule has 2 aromatic rings. The summed E-state index contributed by atoms with van der Waals surface area (Å²) in [5.74, 6) is -0.307. The van der Waals surface area contributed by atoms with Crippen LogP contribution in [-0.4, -0.2) is 20.1 Å². The zero-order valence-electron chi connectivity index (χ0n) is 12.8. The van der Waals surface area contributed by atoms with Gasteiger partial charge in [-0.2, -0.15) is 0 Å². The van der Waals surface area contributed by atoms with E-state index in [0.717, 1.165) is 18.7 Å². The molecule has 0 amide bonds. The number of esters is 1. The number of hydrogen-bond donors (Lipinski definition) is 0. The Bertz CT molecular complexity index is 605. The van der Waals surface area contributed by atoms with E-state index in [1.807, 2.05) is 25.2 Å². The average Bonchev–Trinajstić information content (AvgIpc) is 2.54. The number of ether oxygens (including phenoxy) is 1. The summed E-state index contributed by atoms with van der Waals surface area (Å²) in [6.07, 6.45) is 1.04. The molecule has 0 radical (unpaired) electrons. The van der Waals surface area contributed by atoms with Gasteiger partial charge in [0.15, 0.2) is 0 Å². The summed E-state index contributed by atoms with van der Waals surface area (Å²) in [5.41, 5.74) is 4.02. The summed E-state index contributed by atoms with van der Waals surface area (Å²) in [6.45, 7) is 2.89. The van der Waals surface area contributed by atoms with Crippen molar-refractivity contribution in [1.82, 2.24) is 0 Å². The monoisotopic (exact) mass is 283 g/mol. The van der Waals surface area contributed by atoms with Crippen molar-refractivity contribution in [2.75, 3.05) is 19.1 Å². The zero-order chi connectivity index (χ0) is 15.2. The number of rotatable bonds is 5. The van der Waals surface area contributed by atoms with Crippen LogP contribution >= 0.6 is 0 Å². The van der Waals surface area contributed by atoms with Gasteiger partial charge in [-0.1, -0.05) is 43.3 Å². The van der Waals surface area contributed by atoms with Gasteiger partial charge >= 0.3 is 5.97 Å². The lowest BCUT2D eigenvalue weighted by molar-refractivity contribution is 0.0601. The van der Waals surface area contributed by atoms with Gasteiger partial charge in [0.1, 0.15) is 0 Å². The third kappa shape index (κ3) is 3.63. The Kier molecular flexibility index (Phi) is 4.99. The van der Waals surface area contributed by atoms with Crippen molar-refractivity contribution >= 4 is 11.7 Å². The second kappa shape index (κ2) is 6.93. The molecule has 0 saturated heterocycles. The van der Waals surface area contributed by atoms with Crippen molar-refractivity contribution in [1.29, 1.82) is 0 Å². The molecular weight excluding hydrogens is 262 g/mol.